The third-order valence-electron chi connectivity index (χ3n) is 2.72. The molecule has 110 valence electrons. The van der Waals surface area contributed by atoms with E-state index in [4.69, 9.17) is 16.3 Å². The Morgan fingerprint density at radius 3 is 2.84 bits per heavy atom. The summed E-state index contributed by atoms with van der Waals surface area (Å²) in [7, 11) is 1.70. The number of ether oxygens (including phenoxy) is 1. The number of thioether (sulfide) groups is 1. The highest BCUT2D eigenvalue weighted by Crippen LogP contribution is 2.27. The minimum Gasteiger partial charge on any atom is -0.383 e. The quantitative estimate of drug-likeness (QED) is 0.761. The second-order valence-corrected chi connectivity index (χ2v) is 6.60. The zero-order valence-electron chi connectivity index (χ0n) is 12.1. The number of rotatable bonds is 9. The molecule has 0 radical (unpaired) electrons. The zero-order valence-corrected chi connectivity index (χ0v) is 13.7. The molecule has 1 aromatic heterocycles. The maximum absolute atomic E-state index is 6.30. The molecule has 1 aromatic rings. The molecule has 1 unspecified atom stereocenters. The molecule has 1 rings (SSSR count). The molecule has 0 aliphatic carbocycles. The zero-order chi connectivity index (χ0) is 14.3. The maximum atomic E-state index is 6.30. The van der Waals surface area contributed by atoms with Gasteiger partial charge in [0.1, 0.15) is 0 Å². The van der Waals surface area contributed by atoms with Gasteiger partial charge >= 0.3 is 0 Å². The Morgan fingerprint density at radius 1 is 1.53 bits per heavy atom. The van der Waals surface area contributed by atoms with Crippen molar-refractivity contribution < 1.29 is 4.74 Å². The lowest BCUT2D eigenvalue weighted by Crippen LogP contribution is -2.27. The first-order valence-corrected chi connectivity index (χ1v) is 8.07. The van der Waals surface area contributed by atoms with Crippen LogP contribution in [0.2, 0.25) is 5.02 Å². The molecule has 1 N–H and O–H groups in total. The van der Waals surface area contributed by atoms with Crippen molar-refractivity contribution in [3.8, 4) is 0 Å². The van der Waals surface area contributed by atoms with Crippen LogP contribution in [0.3, 0.4) is 0 Å². The fourth-order valence-corrected chi connectivity index (χ4v) is 2.97. The van der Waals surface area contributed by atoms with E-state index in [9.17, 15) is 0 Å². The second kappa shape index (κ2) is 8.84. The van der Waals surface area contributed by atoms with E-state index in [2.05, 4.69) is 31.2 Å². The molecule has 0 spiro atoms. The van der Waals surface area contributed by atoms with Gasteiger partial charge in [-0.05, 0) is 11.8 Å². The highest BCUT2D eigenvalue weighted by atomic mass is 35.5. The molecule has 4 nitrogen and oxygen atoms in total. The van der Waals surface area contributed by atoms with E-state index in [0.717, 1.165) is 29.6 Å². The summed E-state index contributed by atoms with van der Waals surface area (Å²) >= 11 is 8.22. The predicted molar refractivity (Wildman–Crippen MR) is 83.1 cm³/mol. The summed E-state index contributed by atoms with van der Waals surface area (Å²) in [4.78, 5) is 0. The molecule has 0 saturated heterocycles. The molecule has 0 bridgehead atoms. The second-order valence-electron chi connectivity index (χ2n) is 4.59. The van der Waals surface area contributed by atoms with Gasteiger partial charge in [0.25, 0.3) is 0 Å². The van der Waals surface area contributed by atoms with Gasteiger partial charge in [-0.2, -0.15) is 16.9 Å². The van der Waals surface area contributed by atoms with Gasteiger partial charge in [-0.1, -0.05) is 32.4 Å². The number of methoxy groups -OCH3 is 1. The fraction of sp³-hybridized carbons (Fsp3) is 0.769. The molecular formula is C13H24ClN3OS. The summed E-state index contributed by atoms with van der Waals surface area (Å²) in [6, 6.07) is 0.226. The van der Waals surface area contributed by atoms with Crippen LogP contribution in [-0.2, 0) is 11.3 Å². The smallest absolute Gasteiger partial charge is 0.0834 e. The number of hydrogen-bond donors (Lipinski definition) is 1. The van der Waals surface area contributed by atoms with Crippen LogP contribution in [0.15, 0.2) is 6.20 Å². The van der Waals surface area contributed by atoms with Crippen molar-refractivity contribution in [2.75, 3.05) is 26.0 Å². The van der Waals surface area contributed by atoms with Gasteiger partial charge in [0.15, 0.2) is 0 Å². The van der Waals surface area contributed by atoms with Gasteiger partial charge in [-0.25, -0.2) is 0 Å². The van der Waals surface area contributed by atoms with Crippen LogP contribution in [0, 0.1) is 0 Å². The topological polar surface area (TPSA) is 39.1 Å². The normalized spacial score (nSPS) is 13.2. The number of nitrogens with one attached hydrogen (secondary N) is 1. The standard InChI is InChI=1S/C13H24ClN3OS/c1-5-15-12(9-19-10(2)3)13-11(14)8-16-17(13)6-7-18-4/h8,10,12,15H,5-7,9H2,1-4H3. The minimum atomic E-state index is 0.226. The van der Waals surface area contributed by atoms with Crippen molar-refractivity contribution in [2.24, 2.45) is 0 Å². The van der Waals surface area contributed by atoms with Gasteiger partial charge in [-0.3, -0.25) is 4.68 Å². The molecule has 1 atom stereocenters. The summed E-state index contributed by atoms with van der Waals surface area (Å²) in [5.74, 6) is 0.990. The molecule has 1 heterocycles. The van der Waals surface area contributed by atoms with Crippen LogP contribution in [0.1, 0.15) is 32.5 Å². The van der Waals surface area contributed by atoms with Crippen LogP contribution in [0.4, 0.5) is 0 Å². The molecule has 19 heavy (non-hydrogen) atoms. The molecule has 0 aliphatic heterocycles. The molecule has 0 aromatic carbocycles. The Balaban J connectivity index is 2.83. The average molecular weight is 306 g/mol. The van der Waals surface area contributed by atoms with Gasteiger partial charge < -0.3 is 10.1 Å². The van der Waals surface area contributed by atoms with Gasteiger partial charge in [0, 0.05) is 12.9 Å². The van der Waals surface area contributed by atoms with Crippen LogP contribution >= 0.6 is 23.4 Å². The minimum absolute atomic E-state index is 0.226. The van der Waals surface area contributed by atoms with E-state index in [-0.39, 0.29) is 6.04 Å². The van der Waals surface area contributed by atoms with Gasteiger partial charge in [-0.15, -0.1) is 0 Å². The van der Waals surface area contributed by atoms with Crippen molar-refractivity contribution in [3.05, 3.63) is 16.9 Å². The summed E-state index contributed by atoms with van der Waals surface area (Å²) < 4.78 is 7.06. The molecule has 0 amide bonds. The van der Waals surface area contributed by atoms with Crippen molar-refractivity contribution >= 4 is 23.4 Å². The van der Waals surface area contributed by atoms with Crippen LogP contribution in [-0.4, -0.2) is 41.0 Å². The van der Waals surface area contributed by atoms with Gasteiger partial charge in [0.05, 0.1) is 36.1 Å². The molecule has 0 aliphatic rings. The van der Waals surface area contributed by atoms with Crippen molar-refractivity contribution in [3.63, 3.8) is 0 Å². The van der Waals surface area contributed by atoms with Crippen LogP contribution in [0.5, 0.6) is 0 Å². The summed E-state index contributed by atoms with van der Waals surface area (Å²) in [6.45, 7) is 8.80. The number of halogens is 1. The highest BCUT2D eigenvalue weighted by molar-refractivity contribution is 7.99. The average Bonchev–Trinajstić information content (AvgIpc) is 2.73. The van der Waals surface area contributed by atoms with E-state index in [1.807, 2.05) is 16.4 Å². The summed E-state index contributed by atoms with van der Waals surface area (Å²) in [5, 5.41) is 9.16. The van der Waals surface area contributed by atoms with Crippen LogP contribution in [0.25, 0.3) is 0 Å². The lowest BCUT2D eigenvalue weighted by atomic mass is 10.2. The van der Waals surface area contributed by atoms with Crippen molar-refractivity contribution in [1.82, 2.24) is 15.1 Å². The van der Waals surface area contributed by atoms with E-state index >= 15 is 0 Å². The Hall–Kier alpha value is -0.230. The fourth-order valence-electron chi connectivity index (χ4n) is 1.84. The molecular weight excluding hydrogens is 282 g/mol. The first-order chi connectivity index (χ1) is 9.10. The molecule has 6 heteroatoms. The third kappa shape index (κ3) is 5.34. The van der Waals surface area contributed by atoms with Crippen LogP contribution < -0.4 is 5.32 Å². The first-order valence-electron chi connectivity index (χ1n) is 6.65. The van der Waals surface area contributed by atoms with Crippen molar-refractivity contribution in [1.29, 1.82) is 0 Å². The third-order valence-corrected chi connectivity index (χ3v) is 4.20. The highest BCUT2D eigenvalue weighted by Gasteiger charge is 2.20. The van der Waals surface area contributed by atoms with E-state index < -0.39 is 0 Å². The Bertz CT molecular complexity index is 371. The number of aromatic nitrogens is 2. The van der Waals surface area contributed by atoms with Gasteiger partial charge in [0.2, 0.25) is 0 Å². The Kier molecular flexibility index (Phi) is 7.83. The number of hydrogen-bond acceptors (Lipinski definition) is 4. The molecule has 0 saturated carbocycles. The monoisotopic (exact) mass is 305 g/mol. The SMILES string of the molecule is CCNC(CSC(C)C)c1c(Cl)cnn1CCOC. The maximum Gasteiger partial charge on any atom is 0.0834 e. The van der Waals surface area contributed by atoms with E-state index in [1.165, 1.54) is 0 Å². The summed E-state index contributed by atoms with van der Waals surface area (Å²) in [5.41, 5.74) is 1.06. The Morgan fingerprint density at radius 2 is 2.26 bits per heavy atom. The molecule has 0 fully saturated rings. The summed E-state index contributed by atoms with van der Waals surface area (Å²) in [6.07, 6.45) is 1.72. The number of nitrogens with zero attached hydrogens (tertiary/aromatic N) is 2. The van der Waals surface area contributed by atoms with E-state index in [1.54, 1.807) is 13.3 Å². The predicted octanol–water partition coefficient (Wildman–Crippen LogP) is 2.98. The Labute approximate surface area is 125 Å². The first kappa shape index (κ1) is 16.8. The van der Waals surface area contributed by atoms with Crippen molar-refractivity contribution in [2.45, 2.75) is 38.6 Å². The lowest BCUT2D eigenvalue weighted by Gasteiger charge is -2.20. The lowest BCUT2D eigenvalue weighted by molar-refractivity contribution is 0.182. The van der Waals surface area contributed by atoms with E-state index in [0.29, 0.717) is 11.9 Å². The largest absolute Gasteiger partial charge is 0.383 e.